The summed E-state index contributed by atoms with van der Waals surface area (Å²) in [5, 5.41) is 6.74. The number of piperazine rings is 1. The van der Waals surface area contributed by atoms with Gasteiger partial charge >= 0.3 is 0 Å². The van der Waals surface area contributed by atoms with E-state index < -0.39 is 0 Å². The van der Waals surface area contributed by atoms with E-state index in [1.807, 2.05) is 25.1 Å². The second-order valence-corrected chi connectivity index (χ2v) is 4.89. The summed E-state index contributed by atoms with van der Waals surface area (Å²) in [5.41, 5.74) is 1.66. The maximum absolute atomic E-state index is 11.9. The van der Waals surface area contributed by atoms with Gasteiger partial charge in [0, 0.05) is 26.2 Å². The van der Waals surface area contributed by atoms with Gasteiger partial charge in [-0.25, -0.2) is 0 Å². The van der Waals surface area contributed by atoms with Gasteiger partial charge in [0.2, 0.25) is 5.91 Å². The number of benzene rings is 1. The lowest BCUT2D eigenvalue weighted by molar-refractivity contribution is -0.117. The number of nitrogens with zero attached hydrogens (tertiary/aromatic N) is 1. The molecule has 0 aliphatic carbocycles. The van der Waals surface area contributed by atoms with Crippen molar-refractivity contribution in [1.29, 1.82) is 0 Å². The van der Waals surface area contributed by atoms with Crippen LogP contribution in [0.1, 0.15) is 5.56 Å². The van der Waals surface area contributed by atoms with Gasteiger partial charge in [-0.2, -0.15) is 0 Å². The van der Waals surface area contributed by atoms with Crippen LogP contribution in [0.15, 0.2) is 18.2 Å². The van der Waals surface area contributed by atoms with Crippen molar-refractivity contribution >= 4 is 23.2 Å². The van der Waals surface area contributed by atoms with E-state index in [2.05, 4.69) is 15.5 Å². The van der Waals surface area contributed by atoms with Gasteiger partial charge in [-0.1, -0.05) is 23.7 Å². The van der Waals surface area contributed by atoms with Crippen molar-refractivity contribution in [2.75, 3.05) is 38.0 Å². The molecule has 5 heteroatoms. The molecule has 1 fully saturated rings. The minimum atomic E-state index is -0.00981. The number of anilines is 1. The fourth-order valence-electron chi connectivity index (χ4n) is 2.01. The van der Waals surface area contributed by atoms with Crippen molar-refractivity contribution in [3.63, 3.8) is 0 Å². The molecule has 1 aliphatic rings. The molecule has 0 aromatic heterocycles. The van der Waals surface area contributed by atoms with Gasteiger partial charge in [-0.3, -0.25) is 9.69 Å². The second kappa shape index (κ2) is 6.18. The Labute approximate surface area is 112 Å². The topological polar surface area (TPSA) is 44.4 Å². The Hall–Kier alpha value is -1.10. The lowest BCUT2D eigenvalue weighted by Crippen LogP contribution is -2.46. The number of hydrogen-bond acceptors (Lipinski definition) is 3. The molecule has 1 aliphatic heterocycles. The molecule has 0 radical (unpaired) electrons. The highest BCUT2D eigenvalue weighted by Crippen LogP contribution is 2.24. The van der Waals surface area contributed by atoms with Gasteiger partial charge in [0.05, 0.1) is 17.3 Å². The zero-order valence-corrected chi connectivity index (χ0v) is 11.3. The monoisotopic (exact) mass is 267 g/mol. The first-order valence-electron chi connectivity index (χ1n) is 6.15. The third-order valence-corrected chi connectivity index (χ3v) is 3.54. The molecule has 0 saturated carbocycles. The molecule has 18 heavy (non-hydrogen) atoms. The molecule has 1 amide bonds. The predicted octanol–water partition coefficient (Wildman–Crippen LogP) is 1.49. The zero-order valence-electron chi connectivity index (χ0n) is 10.5. The maximum atomic E-state index is 11.9. The third-order valence-electron chi connectivity index (χ3n) is 3.04. The minimum Gasteiger partial charge on any atom is -0.324 e. The van der Waals surface area contributed by atoms with E-state index in [1.54, 1.807) is 0 Å². The number of aryl methyl sites for hydroxylation is 1. The molecular weight excluding hydrogens is 250 g/mol. The van der Waals surface area contributed by atoms with Crippen LogP contribution in [0.25, 0.3) is 0 Å². The molecule has 2 rings (SSSR count). The van der Waals surface area contributed by atoms with E-state index >= 15 is 0 Å². The van der Waals surface area contributed by atoms with Gasteiger partial charge in [0.25, 0.3) is 0 Å². The molecule has 0 spiro atoms. The van der Waals surface area contributed by atoms with E-state index in [4.69, 9.17) is 11.6 Å². The van der Waals surface area contributed by atoms with Gasteiger partial charge in [-0.15, -0.1) is 0 Å². The Morgan fingerprint density at radius 3 is 2.89 bits per heavy atom. The molecule has 98 valence electrons. The Kier molecular flexibility index (Phi) is 4.58. The average molecular weight is 268 g/mol. The standard InChI is InChI=1S/C13H18ClN3O/c1-10-3-2-4-11(13(10)14)16-12(18)9-17-7-5-15-6-8-17/h2-4,15H,5-9H2,1H3,(H,16,18). The molecule has 4 nitrogen and oxygen atoms in total. The summed E-state index contributed by atoms with van der Waals surface area (Å²) < 4.78 is 0. The highest BCUT2D eigenvalue weighted by atomic mass is 35.5. The summed E-state index contributed by atoms with van der Waals surface area (Å²) in [6.45, 7) is 6.06. The van der Waals surface area contributed by atoms with E-state index in [0.29, 0.717) is 17.3 Å². The number of amides is 1. The summed E-state index contributed by atoms with van der Waals surface area (Å²) in [4.78, 5) is 14.0. The van der Waals surface area contributed by atoms with Crippen LogP contribution in [0.2, 0.25) is 5.02 Å². The lowest BCUT2D eigenvalue weighted by Gasteiger charge is -2.26. The molecular formula is C13H18ClN3O. The summed E-state index contributed by atoms with van der Waals surface area (Å²) in [6, 6.07) is 5.64. The molecule has 1 saturated heterocycles. The van der Waals surface area contributed by atoms with Crippen molar-refractivity contribution in [3.05, 3.63) is 28.8 Å². The number of halogens is 1. The van der Waals surface area contributed by atoms with Gasteiger partial charge < -0.3 is 10.6 Å². The third kappa shape index (κ3) is 3.45. The summed E-state index contributed by atoms with van der Waals surface area (Å²) in [5.74, 6) is -0.00981. The average Bonchev–Trinajstić information content (AvgIpc) is 2.36. The summed E-state index contributed by atoms with van der Waals surface area (Å²) in [7, 11) is 0. The minimum absolute atomic E-state index is 0.00981. The van der Waals surface area contributed by atoms with Crippen molar-refractivity contribution in [2.45, 2.75) is 6.92 Å². The Bertz CT molecular complexity index is 430. The Morgan fingerprint density at radius 2 is 2.17 bits per heavy atom. The van der Waals surface area contributed by atoms with Crippen LogP contribution in [-0.4, -0.2) is 43.5 Å². The SMILES string of the molecule is Cc1cccc(NC(=O)CN2CCNCC2)c1Cl. The van der Waals surface area contributed by atoms with Crippen LogP contribution >= 0.6 is 11.6 Å². The molecule has 1 aromatic rings. The number of rotatable bonds is 3. The first-order chi connectivity index (χ1) is 8.66. The molecule has 0 unspecified atom stereocenters. The number of hydrogen-bond donors (Lipinski definition) is 2. The maximum Gasteiger partial charge on any atom is 0.238 e. The van der Waals surface area contributed by atoms with E-state index in [-0.39, 0.29) is 5.91 Å². The Morgan fingerprint density at radius 1 is 1.44 bits per heavy atom. The van der Waals surface area contributed by atoms with Crippen LogP contribution < -0.4 is 10.6 Å². The quantitative estimate of drug-likeness (QED) is 0.872. The molecule has 1 aromatic carbocycles. The molecule has 0 bridgehead atoms. The van der Waals surface area contributed by atoms with Crippen LogP contribution in [0.3, 0.4) is 0 Å². The van der Waals surface area contributed by atoms with Crippen LogP contribution in [0.4, 0.5) is 5.69 Å². The van der Waals surface area contributed by atoms with Gasteiger partial charge in [0.15, 0.2) is 0 Å². The second-order valence-electron chi connectivity index (χ2n) is 4.51. The zero-order chi connectivity index (χ0) is 13.0. The van der Waals surface area contributed by atoms with Crippen LogP contribution in [-0.2, 0) is 4.79 Å². The summed E-state index contributed by atoms with van der Waals surface area (Å²) in [6.07, 6.45) is 0. The Balaban J connectivity index is 1.92. The van der Waals surface area contributed by atoms with Crippen molar-refractivity contribution in [1.82, 2.24) is 10.2 Å². The predicted molar refractivity (Wildman–Crippen MR) is 74.1 cm³/mol. The normalized spacial score (nSPS) is 16.6. The number of nitrogens with one attached hydrogen (secondary N) is 2. The highest BCUT2D eigenvalue weighted by molar-refractivity contribution is 6.34. The van der Waals surface area contributed by atoms with Crippen LogP contribution in [0.5, 0.6) is 0 Å². The molecule has 0 atom stereocenters. The van der Waals surface area contributed by atoms with Crippen molar-refractivity contribution < 1.29 is 4.79 Å². The van der Waals surface area contributed by atoms with Crippen molar-refractivity contribution in [2.24, 2.45) is 0 Å². The van der Waals surface area contributed by atoms with Gasteiger partial charge in [0.1, 0.15) is 0 Å². The fourth-order valence-corrected chi connectivity index (χ4v) is 2.18. The fraction of sp³-hybridized carbons (Fsp3) is 0.462. The molecule has 2 N–H and O–H groups in total. The van der Waals surface area contributed by atoms with E-state index in [1.165, 1.54) is 0 Å². The van der Waals surface area contributed by atoms with Crippen molar-refractivity contribution in [3.8, 4) is 0 Å². The summed E-state index contributed by atoms with van der Waals surface area (Å²) >= 11 is 6.14. The van der Waals surface area contributed by atoms with Gasteiger partial charge in [-0.05, 0) is 18.6 Å². The lowest BCUT2D eigenvalue weighted by atomic mass is 10.2. The van der Waals surface area contributed by atoms with E-state index in [9.17, 15) is 4.79 Å². The number of carbonyl (C=O) groups excluding carboxylic acids is 1. The highest BCUT2D eigenvalue weighted by Gasteiger charge is 2.14. The number of carbonyl (C=O) groups is 1. The first-order valence-corrected chi connectivity index (χ1v) is 6.52. The van der Waals surface area contributed by atoms with Crippen LogP contribution in [0, 0.1) is 6.92 Å². The van der Waals surface area contributed by atoms with E-state index in [0.717, 1.165) is 31.7 Å². The largest absolute Gasteiger partial charge is 0.324 e. The first kappa shape index (κ1) is 13.3. The smallest absolute Gasteiger partial charge is 0.238 e. The molecule has 1 heterocycles.